The van der Waals surface area contributed by atoms with E-state index in [9.17, 15) is 18.4 Å². The number of nitrogens with one attached hydrogen (secondary N) is 1. The number of rotatable bonds is 6. The molecule has 12 heteroatoms. The van der Waals surface area contributed by atoms with Crippen molar-refractivity contribution in [3.8, 4) is 0 Å². The summed E-state index contributed by atoms with van der Waals surface area (Å²) in [7, 11) is -4.74. The SMILES string of the molecule is O=C(Nc1c2c(cc3c1CCC3)CCC2)N([O-])S(=O)(=O)N(c1cnn(C2COC2)c1)C1CCOCC1. The van der Waals surface area contributed by atoms with Crippen molar-refractivity contribution < 1.29 is 22.7 Å². The van der Waals surface area contributed by atoms with Crippen molar-refractivity contribution >= 4 is 27.6 Å². The van der Waals surface area contributed by atoms with Crippen LogP contribution in [0.25, 0.3) is 0 Å². The summed E-state index contributed by atoms with van der Waals surface area (Å²) < 4.78 is 40.3. The number of nitrogens with zero attached hydrogens (tertiary/aromatic N) is 4. The monoisotopic (exact) mass is 516 g/mol. The van der Waals surface area contributed by atoms with Gasteiger partial charge in [0.2, 0.25) is 0 Å². The van der Waals surface area contributed by atoms with Crippen molar-refractivity contribution in [2.24, 2.45) is 0 Å². The summed E-state index contributed by atoms with van der Waals surface area (Å²) in [6, 6.07) is 0.519. The molecule has 2 aromatic rings. The van der Waals surface area contributed by atoms with Crippen LogP contribution >= 0.6 is 0 Å². The minimum Gasteiger partial charge on any atom is -0.740 e. The van der Waals surface area contributed by atoms with E-state index >= 15 is 0 Å². The average Bonchev–Trinajstić information content (AvgIpc) is 3.59. The zero-order chi connectivity index (χ0) is 24.9. The standard InChI is InChI=1S/C24H30N5O6S/c30-24(26-23-21-5-1-3-16(21)11-17-4-2-6-22(17)23)29(31)36(32,33)28(18-7-9-34-10-8-18)19-12-25-27(13-19)20-14-35-15-20/h11-13,18,20H,1-10,14-15H2,(H,26,30)/q-1. The number of urea groups is 1. The summed E-state index contributed by atoms with van der Waals surface area (Å²) in [5, 5.41) is 20.2. The number of aromatic nitrogens is 2. The number of benzene rings is 1. The molecule has 2 aliphatic carbocycles. The topological polar surface area (TPSA) is 129 Å². The number of fused-ring (bicyclic) bond motifs is 2. The number of hydrogen-bond acceptors (Lipinski definition) is 7. The summed E-state index contributed by atoms with van der Waals surface area (Å²) in [5.41, 5.74) is 5.31. The lowest BCUT2D eigenvalue weighted by Crippen LogP contribution is -2.51. The lowest BCUT2D eigenvalue weighted by atomic mass is 9.99. The molecular formula is C24H30N5O6S-. The molecular weight excluding hydrogens is 486 g/mol. The van der Waals surface area contributed by atoms with E-state index in [0.717, 1.165) is 54.0 Å². The van der Waals surface area contributed by atoms with E-state index in [2.05, 4.69) is 16.5 Å². The summed E-state index contributed by atoms with van der Waals surface area (Å²) in [5.74, 6) is 0. The maximum absolute atomic E-state index is 13.7. The van der Waals surface area contributed by atoms with Crippen LogP contribution in [0.4, 0.5) is 16.2 Å². The Bertz CT molecular complexity index is 1240. The Kier molecular flexibility index (Phi) is 6.14. The fourth-order valence-corrected chi connectivity index (χ4v) is 7.14. The minimum atomic E-state index is -4.74. The molecule has 1 aromatic heterocycles. The zero-order valence-corrected chi connectivity index (χ0v) is 20.8. The maximum atomic E-state index is 13.7. The quantitative estimate of drug-likeness (QED) is 0.585. The van der Waals surface area contributed by atoms with E-state index in [1.54, 1.807) is 10.9 Å². The van der Waals surface area contributed by atoms with Gasteiger partial charge in [-0.15, -0.1) is 0 Å². The van der Waals surface area contributed by atoms with Crippen LogP contribution in [-0.4, -0.2) is 61.2 Å². The number of carbonyl (C=O) groups is 1. The molecule has 0 saturated carbocycles. The molecule has 6 rings (SSSR count). The fraction of sp³-hybridized carbons (Fsp3) is 0.583. The normalized spacial score (nSPS) is 20.0. The van der Waals surface area contributed by atoms with Gasteiger partial charge in [0.1, 0.15) is 0 Å². The molecule has 2 amide bonds. The first kappa shape index (κ1) is 23.7. The van der Waals surface area contributed by atoms with Crippen LogP contribution in [-0.2, 0) is 45.4 Å². The van der Waals surface area contributed by atoms with Crippen LogP contribution in [0.5, 0.6) is 0 Å². The van der Waals surface area contributed by atoms with Gasteiger partial charge in [0.05, 0.1) is 37.2 Å². The van der Waals surface area contributed by atoms with E-state index in [0.29, 0.717) is 45.0 Å². The number of anilines is 2. The maximum Gasteiger partial charge on any atom is 0.326 e. The Morgan fingerprint density at radius 2 is 1.72 bits per heavy atom. The molecule has 0 atom stereocenters. The number of carbonyl (C=O) groups excluding carboxylic acids is 1. The molecule has 2 aliphatic heterocycles. The first-order valence-corrected chi connectivity index (χ1v) is 14.0. The predicted octanol–water partition coefficient (Wildman–Crippen LogP) is 2.69. The third-order valence-electron chi connectivity index (χ3n) is 7.69. The highest BCUT2D eigenvalue weighted by molar-refractivity contribution is 7.91. The van der Waals surface area contributed by atoms with Crippen molar-refractivity contribution in [2.75, 3.05) is 36.0 Å². The molecule has 2 saturated heterocycles. The number of aryl methyl sites for hydroxylation is 2. The van der Waals surface area contributed by atoms with Gasteiger partial charge in [-0.25, -0.2) is 9.10 Å². The van der Waals surface area contributed by atoms with Gasteiger partial charge in [0.15, 0.2) is 0 Å². The lowest BCUT2D eigenvalue weighted by molar-refractivity contribution is -0.0286. The van der Waals surface area contributed by atoms with E-state index in [4.69, 9.17) is 9.47 Å². The Balaban J connectivity index is 1.30. The molecule has 0 unspecified atom stereocenters. The fourth-order valence-electron chi connectivity index (χ4n) is 5.77. The largest absolute Gasteiger partial charge is 0.740 e. The first-order valence-electron chi connectivity index (χ1n) is 12.6. The van der Waals surface area contributed by atoms with E-state index in [-0.39, 0.29) is 11.7 Å². The number of amides is 2. The second kappa shape index (κ2) is 9.33. The Morgan fingerprint density at radius 3 is 2.33 bits per heavy atom. The van der Waals surface area contributed by atoms with Gasteiger partial charge in [0, 0.05) is 25.1 Å². The van der Waals surface area contributed by atoms with Gasteiger partial charge < -0.3 is 20.0 Å². The summed E-state index contributed by atoms with van der Waals surface area (Å²) in [6.45, 7) is 1.73. The van der Waals surface area contributed by atoms with Crippen LogP contribution < -0.4 is 9.62 Å². The summed E-state index contributed by atoms with van der Waals surface area (Å²) in [6.07, 6.45) is 9.28. The molecule has 1 N–H and O–H groups in total. The molecule has 194 valence electrons. The second-order valence-electron chi connectivity index (χ2n) is 9.91. The molecule has 1 aromatic carbocycles. The predicted molar refractivity (Wildman–Crippen MR) is 132 cm³/mol. The van der Waals surface area contributed by atoms with E-state index < -0.39 is 26.8 Å². The number of hydroxylamine groups is 1. The van der Waals surface area contributed by atoms with Gasteiger partial charge in [-0.1, -0.05) is 6.07 Å². The first-order chi connectivity index (χ1) is 17.4. The minimum absolute atomic E-state index is 0.0203. The summed E-state index contributed by atoms with van der Waals surface area (Å²) in [4.78, 5) is 13.2. The van der Waals surface area contributed by atoms with Crippen molar-refractivity contribution in [2.45, 2.75) is 63.5 Å². The van der Waals surface area contributed by atoms with Crippen LogP contribution in [0.1, 0.15) is 54.0 Å². The van der Waals surface area contributed by atoms with Gasteiger partial charge in [-0.3, -0.25) is 9.15 Å². The second-order valence-corrected chi connectivity index (χ2v) is 11.5. The third kappa shape index (κ3) is 4.05. The van der Waals surface area contributed by atoms with Gasteiger partial charge in [-0.2, -0.15) is 13.5 Å². The van der Waals surface area contributed by atoms with Crippen molar-refractivity contribution in [1.82, 2.24) is 14.2 Å². The highest BCUT2D eigenvalue weighted by Gasteiger charge is 2.37. The molecule has 3 heterocycles. The molecule has 4 aliphatic rings. The molecule has 0 bridgehead atoms. The van der Waals surface area contributed by atoms with Crippen molar-refractivity contribution in [3.05, 3.63) is 45.9 Å². The average molecular weight is 517 g/mol. The van der Waals surface area contributed by atoms with Crippen LogP contribution in [0.2, 0.25) is 0 Å². The van der Waals surface area contributed by atoms with Crippen molar-refractivity contribution in [1.29, 1.82) is 0 Å². The van der Waals surface area contributed by atoms with Crippen molar-refractivity contribution in [3.63, 3.8) is 0 Å². The Morgan fingerprint density at radius 1 is 1.06 bits per heavy atom. The lowest BCUT2D eigenvalue weighted by Gasteiger charge is -2.39. The highest BCUT2D eigenvalue weighted by Crippen LogP contribution is 2.39. The van der Waals surface area contributed by atoms with Crippen LogP contribution in [0, 0.1) is 5.21 Å². The number of hydrogen-bond donors (Lipinski definition) is 1. The molecule has 36 heavy (non-hydrogen) atoms. The number of ether oxygens (including phenoxy) is 2. The van der Waals surface area contributed by atoms with Gasteiger partial charge in [0.25, 0.3) is 0 Å². The van der Waals surface area contributed by atoms with Crippen LogP contribution in [0.15, 0.2) is 18.5 Å². The van der Waals surface area contributed by atoms with Gasteiger partial charge >= 0.3 is 16.2 Å². The van der Waals surface area contributed by atoms with E-state index in [1.807, 2.05) is 0 Å². The molecule has 11 nitrogen and oxygen atoms in total. The zero-order valence-electron chi connectivity index (χ0n) is 20.0. The summed E-state index contributed by atoms with van der Waals surface area (Å²) >= 11 is 0. The molecule has 2 fully saturated rings. The molecule has 0 radical (unpaired) electrons. The van der Waals surface area contributed by atoms with Crippen LogP contribution in [0.3, 0.4) is 0 Å². The Labute approximate surface area is 210 Å². The smallest absolute Gasteiger partial charge is 0.326 e. The molecule has 0 spiro atoms. The highest BCUT2D eigenvalue weighted by atomic mass is 32.2. The Hall–Kier alpha value is -2.67. The van der Waals surface area contributed by atoms with E-state index in [1.165, 1.54) is 17.3 Å². The third-order valence-corrected chi connectivity index (χ3v) is 9.28. The van der Waals surface area contributed by atoms with Gasteiger partial charge in [-0.05, 0) is 73.6 Å².